The van der Waals surface area contributed by atoms with Crippen LogP contribution in [0.2, 0.25) is 0 Å². The van der Waals surface area contributed by atoms with Gasteiger partial charge in [-0.2, -0.15) is 4.31 Å². The first-order valence-electron chi connectivity index (χ1n) is 10.1. The molecular weight excluding hydrogens is 356 g/mol. The van der Waals surface area contributed by atoms with Crippen LogP contribution in [0.3, 0.4) is 0 Å². The van der Waals surface area contributed by atoms with Gasteiger partial charge in [-0.15, -0.1) is 0 Å². The van der Waals surface area contributed by atoms with E-state index in [1.165, 1.54) is 31.2 Å². The molecule has 0 unspecified atom stereocenters. The van der Waals surface area contributed by atoms with Crippen LogP contribution in [0.25, 0.3) is 0 Å². The third-order valence-corrected chi connectivity index (χ3v) is 8.23. The zero-order chi connectivity index (χ0) is 18.7. The van der Waals surface area contributed by atoms with Crippen LogP contribution in [0.15, 0.2) is 65.6 Å². The minimum absolute atomic E-state index is 0.414. The average Bonchev–Trinajstić information content (AvgIpc) is 2.75. The Morgan fingerprint density at radius 3 is 1.93 bits per heavy atom. The van der Waals surface area contributed by atoms with Crippen LogP contribution in [-0.2, 0) is 10.0 Å². The van der Waals surface area contributed by atoms with Gasteiger partial charge >= 0.3 is 0 Å². The van der Waals surface area contributed by atoms with E-state index in [-0.39, 0.29) is 0 Å². The number of nitrogens with one attached hydrogen (secondary N) is 1. The average molecular weight is 386 g/mol. The molecule has 144 valence electrons. The molecule has 2 aromatic carbocycles. The third-order valence-electron chi connectivity index (χ3n) is 6.32. The smallest absolute Gasteiger partial charge is 0.243 e. The van der Waals surface area contributed by atoms with Gasteiger partial charge in [0.25, 0.3) is 0 Å². The Bertz CT molecular complexity index is 823. The normalized spacial score (nSPS) is 25.3. The predicted molar refractivity (Wildman–Crippen MR) is 107 cm³/mol. The molecule has 0 amide bonds. The standard InChI is InChI=1S/C22H28N2O2S/c25-27(26,22-9-5-2-6-10-22)24-17-15-23(16-18-24)21-13-11-20(12-14-21)19-7-3-1-4-8-19/h1-10,20-21H,11-18H2/p+1. The van der Waals surface area contributed by atoms with Crippen LogP contribution >= 0.6 is 0 Å². The molecule has 2 aliphatic rings. The number of sulfonamides is 1. The van der Waals surface area contributed by atoms with E-state index in [1.807, 2.05) is 6.07 Å². The second-order valence-electron chi connectivity index (χ2n) is 7.83. The minimum atomic E-state index is -3.34. The topological polar surface area (TPSA) is 41.8 Å². The number of rotatable bonds is 4. The molecule has 0 radical (unpaired) electrons. The number of quaternary nitrogens is 1. The number of nitrogens with zero attached hydrogens (tertiary/aromatic N) is 1. The summed E-state index contributed by atoms with van der Waals surface area (Å²) >= 11 is 0. The van der Waals surface area contributed by atoms with E-state index in [2.05, 4.69) is 30.3 Å². The van der Waals surface area contributed by atoms with Crippen LogP contribution in [0.5, 0.6) is 0 Å². The SMILES string of the molecule is O=S(=O)(c1ccccc1)N1CC[NH+](C2CCC(c3ccccc3)CC2)CC1. The fourth-order valence-electron chi connectivity index (χ4n) is 4.72. The molecule has 1 N–H and O–H groups in total. The lowest BCUT2D eigenvalue weighted by Gasteiger charge is -2.39. The molecule has 4 nitrogen and oxygen atoms in total. The van der Waals surface area contributed by atoms with Crippen molar-refractivity contribution >= 4 is 10.0 Å². The molecule has 0 aromatic heterocycles. The molecule has 0 atom stereocenters. The molecule has 0 bridgehead atoms. The lowest BCUT2D eigenvalue weighted by molar-refractivity contribution is -0.930. The Morgan fingerprint density at radius 2 is 1.33 bits per heavy atom. The molecule has 4 rings (SSSR count). The van der Waals surface area contributed by atoms with E-state index in [4.69, 9.17) is 0 Å². The molecular formula is C22H29N2O2S+. The van der Waals surface area contributed by atoms with Gasteiger partial charge in [0.1, 0.15) is 0 Å². The van der Waals surface area contributed by atoms with Gasteiger partial charge in [0.05, 0.1) is 37.1 Å². The number of hydrogen-bond donors (Lipinski definition) is 1. The molecule has 2 aromatic rings. The van der Waals surface area contributed by atoms with Crippen molar-refractivity contribution in [2.24, 2.45) is 0 Å². The van der Waals surface area contributed by atoms with E-state index in [9.17, 15) is 8.42 Å². The fourth-order valence-corrected chi connectivity index (χ4v) is 6.19. The molecule has 1 aliphatic heterocycles. The van der Waals surface area contributed by atoms with E-state index < -0.39 is 10.0 Å². The summed E-state index contributed by atoms with van der Waals surface area (Å²) in [4.78, 5) is 2.01. The molecule has 1 heterocycles. The predicted octanol–water partition coefficient (Wildman–Crippen LogP) is 2.30. The third kappa shape index (κ3) is 4.10. The second-order valence-corrected chi connectivity index (χ2v) is 9.77. The molecule has 0 spiro atoms. The second kappa shape index (κ2) is 8.13. The summed E-state index contributed by atoms with van der Waals surface area (Å²) in [6.45, 7) is 3.11. The first-order chi connectivity index (χ1) is 13.1. The largest absolute Gasteiger partial charge is 0.330 e. The van der Waals surface area contributed by atoms with Crippen molar-refractivity contribution in [2.75, 3.05) is 26.2 Å². The lowest BCUT2D eigenvalue weighted by atomic mass is 9.81. The van der Waals surface area contributed by atoms with Gasteiger partial charge in [0, 0.05) is 0 Å². The highest BCUT2D eigenvalue weighted by Crippen LogP contribution is 2.32. The Morgan fingerprint density at radius 1 is 0.778 bits per heavy atom. The zero-order valence-electron chi connectivity index (χ0n) is 15.8. The van der Waals surface area contributed by atoms with Gasteiger partial charge in [-0.1, -0.05) is 48.5 Å². The summed E-state index contributed by atoms with van der Waals surface area (Å²) in [6.07, 6.45) is 5.01. The van der Waals surface area contributed by atoms with E-state index in [1.54, 1.807) is 33.5 Å². The zero-order valence-corrected chi connectivity index (χ0v) is 16.6. The summed E-state index contributed by atoms with van der Waals surface area (Å²) < 4.78 is 27.2. The molecule has 1 saturated heterocycles. The van der Waals surface area contributed by atoms with Crippen molar-refractivity contribution in [1.82, 2.24) is 4.31 Å². The van der Waals surface area contributed by atoms with Gasteiger partial charge in [0.15, 0.2) is 0 Å². The molecule has 1 aliphatic carbocycles. The van der Waals surface area contributed by atoms with Crippen LogP contribution in [0, 0.1) is 0 Å². The first-order valence-corrected chi connectivity index (χ1v) is 11.5. The van der Waals surface area contributed by atoms with E-state index in [0.717, 1.165) is 13.1 Å². The Hall–Kier alpha value is -1.69. The van der Waals surface area contributed by atoms with Crippen molar-refractivity contribution in [3.05, 3.63) is 66.2 Å². The van der Waals surface area contributed by atoms with Gasteiger partial charge in [-0.05, 0) is 49.3 Å². The van der Waals surface area contributed by atoms with Crippen LogP contribution in [-0.4, -0.2) is 44.9 Å². The maximum Gasteiger partial charge on any atom is 0.243 e. The van der Waals surface area contributed by atoms with Crippen molar-refractivity contribution in [1.29, 1.82) is 0 Å². The van der Waals surface area contributed by atoms with Crippen molar-refractivity contribution in [2.45, 2.75) is 42.5 Å². The summed E-state index contributed by atoms with van der Waals surface area (Å²) in [5, 5.41) is 0. The summed E-state index contributed by atoms with van der Waals surface area (Å²) in [5.74, 6) is 0.696. The van der Waals surface area contributed by atoms with Gasteiger partial charge in [-0.3, -0.25) is 0 Å². The van der Waals surface area contributed by atoms with E-state index in [0.29, 0.717) is 29.9 Å². The highest BCUT2D eigenvalue weighted by Gasteiger charge is 2.35. The summed E-state index contributed by atoms with van der Waals surface area (Å²) in [5.41, 5.74) is 1.48. The Labute approximate surface area is 162 Å². The van der Waals surface area contributed by atoms with Crippen molar-refractivity contribution < 1.29 is 13.3 Å². The van der Waals surface area contributed by atoms with Gasteiger partial charge in [-0.25, -0.2) is 8.42 Å². The Kier molecular flexibility index (Phi) is 5.62. The highest BCUT2D eigenvalue weighted by atomic mass is 32.2. The van der Waals surface area contributed by atoms with Crippen LogP contribution in [0.4, 0.5) is 0 Å². The van der Waals surface area contributed by atoms with Crippen LogP contribution < -0.4 is 4.90 Å². The summed E-state index contributed by atoms with van der Waals surface area (Å²) in [7, 11) is -3.34. The molecule has 5 heteroatoms. The highest BCUT2D eigenvalue weighted by molar-refractivity contribution is 7.89. The Balaban J connectivity index is 1.31. The number of hydrogen-bond acceptors (Lipinski definition) is 2. The first kappa shape index (κ1) is 18.7. The monoisotopic (exact) mass is 385 g/mol. The van der Waals surface area contributed by atoms with Crippen molar-refractivity contribution in [3.8, 4) is 0 Å². The quantitative estimate of drug-likeness (QED) is 0.878. The molecule has 2 fully saturated rings. The number of benzene rings is 2. The molecule has 1 saturated carbocycles. The fraction of sp³-hybridized carbons (Fsp3) is 0.455. The van der Waals surface area contributed by atoms with Gasteiger partial charge in [0.2, 0.25) is 10.0 Å². The molecule has 27 heavy (non-hydrogen) atoms. The van der Waals surface area contributed by atoms with E-state index >= 15 is 0 Å². The van der Waals surface area contributed by atoms with Crippen LogP contribution in [0.1, 0.15) is 37.2 Å². The minimum Gasteiger partial charge on any atom is -0.330 e. The van der Waals surface area contributed by atoms with Gasteiger partial charge < -0.3 is 4.90 Å². The summed E-state index contributed by atoms with van der Waals surface area (Å²) in [6, 6.07) is 20.4. The maximum absolute atomic E-state index is 12.8. The maximum atomic E-state index is 12.8. The number of piperazine rings is 1. The lowest BCUT2D eigenvalue weighted by Crippen LogP contribution is -3.18. The van der Waals surface area contributed by atoms with Crippen molar-refractivity contribution in [3.63, 3.8) is 0 Å².